The molecule has 1 aromatic rings. The van der Waals surface area contributed by atoms with Gasteiger partial charge >= 0.3 is 18.3 Å². The van der Waals surface area contributed by atoms with Gasteiger partial charge in [-0.1, -0.05) is 6.42 Å². The van der Waals surface area contributed by atoms with Gasteiger partial charge in [-0.05, 0) is 69.3 Å². The molecule has 1 N–H and O–H groups in total. The van der Waals surface area contributed by atoms with Gasteiger partial charge in [0.1, 0.15) is 0 Å². The number of hydrogen-bond acceptors (Lipinski definition) is 5. The summed E-state index contributed by atoms with van der Waals surface area (Å²) in [7, 11) is 1.55. The van der Waals surface area contributed by atoms with Gasteiger partial charge in [-0.3, -0.25) is 14.4 Å². The molecule has 4 aliphatic carbocycles. The maximum atomic E-state index is 14.4. The van der Waals surface area contributed by atoms with Crippen molar-refractivity contribution in [3.05, 3.63) is 17.0 Å². The first-order valence-electron chi connectivity index (χ1n) is 16.0. The largest absolute Gasteiger partial charge is 0.481 e. The number of aromatic nitrogens is 2. The number of fused-ring (bicyclic) bond motifs is 1. The zero-order valence-electron chi connectivity index (χ0n) is 25.4. The number of ether oxygens (including phenoxy) is 1. The minimum atomic E-state index is -4.77. The van der Waals surface area contributed by atoms with Gasteiger partial charge in [-0.25, -0.2) is 4.68 Å². The smallest absolute Gasteiger partial charge is 0.394 e. The standard InChI is InChI=1S/C31H38ClF6N3O5/c1-46-17-13-40(14-17)26(42)16-6-8-19-23(12-16)41(39-25(19)15-5-7-18(28(44)45)21(11-15)30(33,34)35)27(43)24-20(3-2-4-22(24)32)29(9-10-29)31(36,37)38/h15-18,20-22,24H,2-14H2,1H3,(H,44,45). The van der Waals surface area contributed by atoms with Crippen molar-refractivity contribution >= 4 is 29.4 Å². The molecule has 1 amide bonds. The number of hydrogen-bond donors (Lipinski definition) is 1. The third-order valence-electron chi connectivity index (χ3n) is 11.5. The molecule has 1 saturated heterocycles. The van der Waals surface area contributed by atoms with Crippen molar-refractivity contribution in [3.63, 3.8) is 0 Å². The van der Waals surface area contributed by atoms with Crippen LogP contribution < -0.4 is 0 Å². The van der Waals surface area contributed by atoms with Crippen LogP contribution in [-0.4, -0.2) is 81.6 Å². The Morgan fingerprint density at radius 2 is 1.70 bits per heavy atom. The first-order chi connectivity index (χ1) is 21.6. The Morgan fingerprint density at radius 1 is 1.00 bits per heavy atom. The van der Waals surface area contributed by atoms with E-state index in [0.717, 1.165) is 4.68 Å². The number of carboxylic acids is 1. The molecule has 15 heteroatoms. The summed E-state index contributed by atoms with van der Waals surface area (Å²) in [6.07, 6.45) is -8.66. The molecule has 0 aromatic carbocycles. The number of nitrogens with zero attached hydrogens (tertiary/aromatic N) is 3. The number of methoxy groups -OCH3 is 1. The van der Waals surface area contributed by atoms with E-state index in [-0.39, 0.29) is 62.7 Å². The quantitative estimate of drug-likeness (QED) is 0.292. The predicted molar refractivity (Wildman–Crippen MR) is 151 cm³/mol. The fourth-order valence-electron chi connectivity index (χ4n) is 8.69. The second kappa shape index (κ2) is 12.0. The van der Waals surface area contributed by atoms with E-state index in [1.165, 1.54) is 0 Å². The van der Waals surface area contributed by atoms with E-state index in [2.05, 4.69) is 5.10 Å². The normalized spacial score (nSPS) is 33.2. The third kappa shape index (κ3) is 5.72. The van der Waals surface area contributed by atoms with Gasteiger partial charge < -0.3 is 14.7 Å². The number of alkyl halides is 7. The van der Waals surface area contributed by atoms with Gasteiger partial charge in [0, 0.05) is 43.8 Å². The van der Waals surface area contributed by atoms with Gasteiger partial charge in [-0.2, -0.15) is 31.4 Å². The van der Waals surface area contributed by atoms with E-state index in [1.807, 2.05) is 0 Å². The Labute approximate surface area is 267 Å². The molecule has 0 bridgehead atoms. The summed E-state index contributed by atoms with van der Waals surface area (Å²) in [5.74, 6) is -9.76. The van der Waals surface area contributed by atoms with Crippen molar-refractivity contribution in [1.82, 2.24) is 14.7 Å². The van der Waals surface area contributed by atoms with E-state index < -0.39 is 76.9 Å². The van der Waals surface area contributed by atoms with Gasteiger partial charge in [-0.15, -0.1) is 11.6 Å². The van der Waals surface area contributed by atoms with Gasteiger partial charge in [0.15, 0.2) is 0 Å². The molecule has 4 fully saturated rings. The highest BCUT2D eigenvalue weighted by atomic mass is 35.5. The Morgan fingerprint density at radius 3 is 2.28 bits per heavy atom. The maximum Gasteiger partial charge on any atom is 0.394 e. The summed E-state index contributed by atoms with van der Waals surface area (Å²) >= 11 is 6.65. The Hall–Kier alpha value is -2.35. The van der Waals surface area contributed by atoms with E-state index in [9.17, 15) is 45.8 Å². The van der Waals surface area contributed by atoms with Crippen LogP contribution in [0, 0.1) is 35.0 Å². The molecule has 7 atom stereocenters. The minimum absolute atomic E-state index is 0.0585. The van der Waals surface area contributed by atoms with Crippen LogP contribution >= 0.6 is 11.6 Å². The summed E-state index contributed by atoms with van der Waals surface area (Å²) in [5, 5.41) is 13.2. The summed E-state index contributed by atoms with van der Waals surface area (Å²) < 4.78 is 91.5. The second-order valence-electron chi connectivity index (χ2n) is 13.9. The molecule has 1 aromatic heterocycles. The lowest BCUT2D eigenvalue weighted by Crippen LogP contribution is -2.56. The van der Waals surface area contributed by atoms with Crippen molar-refractivity contribution in [3.8, 4) is 0 Å². The van der Waals surface area contributed by atoms with Crippen molar-refractivity contribution in [2.75, 3.05) is 20.2 Å². The molecule has 5 aliphatic rings. The molecule has 6 rings (SSSR count). The summed E-state index contributed by atoms with van der Waals surface area (Å²) in [5.41, 5.74) is -0.903. The molecule has 256 valence electrons. The average molecular weight is 682 g/mol. The fraction of sp³-hybridized carbons (Fsp3) is 0.806. The Balaban J connectivity index is 1.37. The number of amides is 1. The first kappa shape index (κ1) is 33.5. The van der Waals surface area contributed by atoms with Gasteiger partial charge in [0.05, 0.1) is 40.7 Å². The first-order valence-corrected chi connectivity index (χ1v) is 16.5. The van der Waals surface area contributed by atoms with Crippen LogP contribution in [0.3, 0.4) is 0 Å². The molecule has 2 heterocycles. The fourth-order valence-corrected chi connectivity index (χ4v) is 9.13. The van der Waals surface area contributed by atoms with Crippen molar-refractivity contribution in [2.45, 2.75) is 100 Å². The maximum absolute atomic E-state index is 14.4. The molecular formula is C31H38ClF6N3O5. The van der Waals surface area contributed by atoms with Crippen LogP contribution in [0.2, 0.25) is 0 Å². The highest BCUT2D eigenvalue weighted by Crippen LogP contribution is 2.66. The van der Waals surface area contributed by atoms with Crippen LogP contribution in [0.1, 0.15) is 85.5 Å². The molecule has 0 radical (unpaired) electrons. The molecule has 3 saturated carbocycles. The number of carboxylic acid groups (broad SMARTS) is 1. The zero-order chi connectivity index (χ0) is 33.3. The molecule has 8 nitrogen and oxygen atoms in total. The van der Waals surface area contributed by atoms with Gasteiger partial charge in [0.25, 0.3) is 5.91 Å². The van der Waals surface area contributed by atoms with Crippen molar-refractivity contribution in [2.24, 2.45) is 35.0 Å². The minimum Gasteiger partial charge on any atom is -0.481 e. The molecular weight excluding hydrogens is 644 g/mol. The number of rotatable bonds is 6. The third-order valence-corrected chi connectivity index (χ3v) is 12.0. The number of aliphatic carboxylic acids is 1. The van der Waals surface area contributed by atoms with Crippen molar-refractivity contribution < 1.29 is 50.6 Å². The molecule has 46 heavy (non-hydrogen) atoms. The van der Waals surface area contributed by atoms with Crippen LogP contribution in [0.5, 0.6) is 0 Å². The number of likely N-dealkylation sites (tertiary alicyclic amines) is 1. The van der Waals surface area contributed by atoms with E-state index >= 15 is 0 Å². The lowest BCUT2D eigenvalue weighted by atomic mass is 9.69. The predicted octanol–water partition coefficient (Wildman–Crippen LogP) is 6.00. The Bertz CT molecular complexity index is 1370. The SMILES string of the molecule is COC1CN(C(=O)C2CCc3c(C4CCC(C(=O)O)C(C(F)(F)F)C4)nn(C(=O)C4C(Cl)CCCC4C4(C(F)(F)F)CC4)c3C2)C1. The van der Waals surface area contributed by atoms with Crippen LogP contribution in [-0.2, 0) is 27.2 Å². The molecule has 0 spiro atoms. The molecule has 1 aliphatic heterocycles. The van der Waals surface area contributed by atoms with Crippen LogP contribution in [0.25, 0.3) is 0 Å². The van der Waals surface area contributed by atoms with Crippen LogP contribution in [0.4, 0.5) is 26.3 Å². The van der Waals surface area contributed by atoms with E-state index in [1.54, 1.807) is 12.0 Å². The average Bonchev–Trinajstić information content (AvgIpc) is 3.71. The number of halogens is 7. The molecule has 7 unspecified atom stereocenters. The highest BCUT2D eigenvalue weighted by molar-refractivity contribution is 6.22. The van der Waals surface area contributed by atoms with E-state index in [4.69, 9.17) is 16.3 Å². The number of carbonyl (C=O) groups is 3. The van der Waals surface area contributed by atoms with Gasteiger partial charge in [0.2, 0.25) is 5.91 Å². The topological polar surface area (TPSA) is 102 Å². The zero-order valence-corrected chi connectivity index (χ0v) is 26.1. The lowest BCUT2D eigenvalue weighted by Gasteiger charge is -2.41. The van der Waals surface area contributed by atoms with Crippen LogP contribution in [0.15, 0.2) is 0 Å². The van der Waals surface area contributed by atoms with E-state index in [0.29, 0.717) is 43.6 Å². The second-order valence-corrected chi connectivity index (χ2v) is 14.5. The Kier molecular flexibility index (Phi) is 8.72. The summed E-state index contributed by atoms with van der Waals surface area (Å²) in [6.45, 7) is 0.815. The lowest BCUT2D eigenvalue weighted by molar-refractivity contribution is -0.209. The number of carbonyl (C=O) groups excluding carboxylic acids is 2. The summed E-state index contributed by atoms with van der Waals surface area (Å²) in [6, 6.07) is 0. The van der Waals surface area contributed by atoms with Crippen molar-refractivity contribution in [1.29, 1.82) is 0 Å². The monoisotopic (exact) mass is 681 g/mol. The highest BCUT2D eigenvalue weighted by Gasteiger charge is 2.69. The summed E-state index contributed by atoms with van der Waals surface area (Å²) in [4.78, 5) is 41.1.